The minimum absolute atomic E-state index is 0.110. The average molecular weight is 297 g/mol. The lowest BCUT2D eigenvalue weighted by atomic mass is 9.91. The van der Waals surface area contributed by atoms with Gasteiger partial charge in [0.25, 0.3) is 0 Å². The maximum atomic E-state index is 10.8. The Bertz CT molecular complexity index is 447. The van der Waals surface area contributed by atoms with Crippen molar-refractivity contribution in [3.05, 3.63) is 11.9 Å². The summed E-state index contributed by atoms with van der Waals surface area (Å²) in [6, 6.07) is 0. The molecule has 0 bridgehead atoms. The Morgan fingerprint density at radius 3 is 2.95 bits per heavy atom. The standard InChI is InChI=1S/C15H27N3O3/c1-5-12-11(6-9-21-12)15(19)14-13(20-4)10-16-18(14)8-7-17(2)3/h10-12,15,19H,5-9H2,1-4H3. The van der Waals surface area contributed by atoms with Crippen LogP contribution in [0.4, 0.5) is 0 Å². The quantitative estimate of drug-likeness (QED) is 0.822. The first-order valence-corrected chi connectivity index (χ1v) is 7.62. The van der Waals surface area contributed by atoms with Crippen LogP contribution < -0.4 is 4.74 Å². The highest BCUT2D eigenvalue weighted by atomic mass is 16.5. The maximum absolute atomic E-state index is 10.8. The van der Waals surface area contributed by atoms with Gasteiger partial charge in [0.2, 0.25) is 0 Å². The van der Waals surface area contributed by atoms with E-state index in [1.807, 2.05) is 18.8 Å². The fourth-order valence-corrected chi connectivity index (χ4v) is 2.96. The molecule has 1 aromatic heterocycles. The SMILES string of the molecule is CCC1OCCC1C(O)c1c(OC)cnn1CCN(C)C. The second-order valence-electron chi connectivity index (χ2n) is 5.84. The van der Waals surface area contributed by atoms with Gasteiger partial charge in [0.05, 0.1) is 26.0 Å². The molecular formula is C15H27N3O3. The van der Waals surface area contributed by atoms with Crippen LogP contribution in [0.2, 0.25) is 0 Å². The van der Waals surface area contributed by atoms with Crippen LogP contribution in [0.5, 0.6) is 5.75 Å². The summed E-state index contributed by atoms with van der Waals surface area (Å²) in [5, 5.41) is 15.2. The lowest BCUT2D eigenvalue weighted by molar-refractivity contribution is 0.0256. The Kier molecular flexibility index (Phi) is 5.61. The molecule has 0 aliphatic carbocycles. The van der Waals surface area contributed by atoms with Crippen molar-refractivity contribution in [2.24, 2.45) is 5.92 Å². The van der Waals surface area contributed by atoms with Crippen LogP contribution in [0.15, 0.2) is 6.20 Å². The Morgan fingerprint density at radius 1 is 1.57 bits per heavy atom. The molecule has 6 nitrogen and oxygen atoms in total. The molecule has 0 amide bonds. The van der Waals surface area contributed by atoms with Gasteiger partial charge in [-0.25, -0.2) is 0 Å². The van der Waals surface area contributed by atoms with Crippen LogP contribution in [0.3, 0.4) is 0 Å². The molecule has 1 aliphatic rings. The molecule has 0 radical (unpaired) electrons. The molecule has 3 unspecified atom stereocenters. The number of nitrogens with zero attached hydrogens (tertiary/aromatic N) is 3. The molecule has 1 N–H and O–H groups in total. The highest BCUT2D eigenvalue weighted by Gasteiger charge is 2.36. The van der Waals surface area contributed by atoms with E-state index in [4.69, 9.17) is 9.47 Å². The van der Waals surface area contributed by atoms with E-state index < -0.39 is 6.10 Å². The van der Waals surface area contributed by atoms with Crippen molar-refractivity contribution in [2.45, 2.75) is 38.5 Å². The zero-order chi connectivity index (χ0) is 15.4. The van der Waals surface area contributed by atoms with Crippen LogP contribution in [-0.2, 0) is 11.3 Å². The van der Waals surface area contributed by atoms with Gasteiger partial charge >= 0.3 is 0 Å². The fraction of sp³-hybridized carbons (Fsp3) is 0.800. The molecule has 6 heteroatoms. The smallest absolute Gasteiger partial charge is 0.162 e. The van der Waals surface area contributed by atoms with Gasteiger partial charge in [-0.1, -0.05) is 6.92 Å². The number of aromatic nitrogens is 2. The molecule has 1 fully saturated rings. The maximum Gasteiger partial charge on any atom is 0.162 e. The number of likely N-dealkylation sites (N-methyl/N-ethyl adjacent to an activating group) is 1. The van der Waals surface area contributed by atoms with Crippen molar-refractivity contribution in [3.63, 3.8) is 0 Å². The zero-order valence-electron chi connectivity index (χ0n) is 13.5. The van der Waals surface area contributed by atoms with Gasteiger partial charge < -0.3 is 19.5 Å². The Balaban J connectivity index is 2.21. The van der Waals surface area contributed by atoms with E-state index in [2.05, 4.69) is 16.9 Å². The molecule has 120 valence electrons. The summed E-state index contributed by atoms with van der Waals surface area (Å²) in [4.78, 5) is 2.10. The Hall–Kier alpha value is -1.11. The van der Waals surface area contributed by atoms with Crippen molar-refractivity contribution >= 4 is 0 Å². The van der Waals surface area contributed by atoms with Gasteiger partial charge in [0.15, 0.2) is 5.75 Å². The predicted molar refractivity (Wildman–Crippen MR) is 80.4 cm³/mol. The number of rotatable bonds is 7. The van der Waals surface area contributed by atoms with Gasteiger partial charge in [-0.3, -0.25) is 4.68 Å². The van der Waals surface area contributed by atoms with Crippen LogP contribution in [0.1, 0.15) is 31.6 Å². The normalized spacial score (nSPS) is 23.7. The molecule has 1 aromatic rings. The highest BCUT2D eigenvalue weighted by Crippen LogP contribution is 2.38. The van der Waals surface area contributed by atoms with Crippen molar-refractivity contribution < 1.29 is 14.6 Å². The van der Waals surface area contributed by atoms with Gasteiger partial charge in [-0.05, 0) is 26.9 Å². The third kappa shape index (κ3) is 3.56. The molecule has 21 heavy (non-hydrogen) atoms. The summed E-state index contributed by atoms with van der Waals surface area (Å²) in [6.07, 6.45) is 2.99. The lowest BCUT2D eigenvalue weighted by Crippen LogP contribution is -2.26. The van der Waals surface area contributed by atoms with E-state index in [0.29, 0.717) is 12.4 Å². The summed E-state index contributed by atoms with van der Waals surface area (Å²) >= 11 is 0. The molecule has 0 spiro atoms. The van der Waals surface area contributed by atoms with Crippen LogP contribution >= 0.6 is 0 Å². The van der Waals surface area contributed by atoms with E-state index in [0.717, 1.165) is 31.6 Å². The second kappa shape index (κ2) is 7.24. The third-order valence-corrected chi connectivity index (χ3v) is 4.17. The Labute approximate surface area is 126 Å². The summed E-state index contributed by atoms with van der Waals surface area (Å²) in [6.45, 7) is 4.40. The first kappa shape index (κ1) is 16.3. The summed E-state index contributed by atoms with van der Waals surface area (Å²) in [5.41, 5.74) is 0.772. The molecular weight excluding hydrogens is 270 g/mol. The zero-order valence-corrected chi connectivity index (χ0v) is 13.5. The molecule has 1 aliphatic heterocycles. The number of ether oxygens (including phenoxy) is 2. The summed E-state index contributed by atoms with van der Waals surface area (Å²) < 4.78 is 12.9. The van der Waals surface area contributed by atoms with Crippen LogP contribution in [0.25, 0.3) is 0 Å². The lowest BCUT2D eigenvalue weighted by Gasteiger charge is -2.24. The average Bonchev–Trinajstić information content (AvgIpc) is 3.10. The van der Waals surface area contributed by atoms with Gasteiger partial charge in [-0.2, -0.15) is 5.10 Å². The van der Waals surface area contributed by atoms with Crippen molar-refractivity contribution in [3.8, 4) is 5.75 Å². The molecule has 1 saturated heterocycles. The van der Waals surface area contributed by atoms with Crippen LogP contribution in [-0.4, -0.2) is 60.2 Å². The number of aliphatic hydroxyl groups is 1. The molecule has 2 rings (SSSR count). The van der Waals surface area contributed by atoms with Crippen molar-refractivity contribution in [1.82, 2.24) is 14.7 Å². The van der Waals surface area contributed by atoms with Gasteiger partial charge in [-0.15, -0.1) is 0 Å². The third-order valence-electron chi connectivity index (χ3n) is 4.17. The van der Waals surface area contributed by atoms with Crippen molar-refractivity contribution in [1.29, 1.82) is 0 Å². The largest absolute Gasteiger partial charge is 0.493 e. The number of hydrogen-bond donors (Lipinski definition) is 1. The number of hydrogen-bond acceptors (Lipinski definition) is 5. The van der Waals surface area contributed by atoms with Crippen LogP contribution in [0, 0.1) is 5.92 Å². The van der Waals surface area contributed by atoms with E-state index in [9.17, 15) is 5.11 Å². The summed E-state index contributed by atoms with van der Waals surface area (Å²) in [7, 11) is 5.66. The van der Waals surface area contributed by atoms with E-state index in [-0.39, 0.29) is 12.0 Å². The highest BCUT2D eigenvalue weighted by molar-refractivity contribution is 5.28. The minimum atomic E-state index is -0.600. The van der Waals surface area contributed by atoms with E-state index in [1.165, 1.54) is 0 Å². The molecule has 0 saturated carbocycles. The molecule has 3 atom stereocenters. The summed E-state index contributed by atoms with van der Waals surface area (Å²) in [5.74, 6) is 0.765. The predicted octanol–water partition coefficient (Wildman–Crippen LogP) is 1.30. The monoisotopic (exact) mass is 297 g/mol. The number of methoxy groups -OCH3 is 1. The van der Waals surface area contributed by atoms with E-state index in [1.54, 1.807) is 13.3 Å². The Morgan fingerprint density at radius 2 is 2.33 bits per heavy atom. The second-order valence-corrected chi connectivity index (χ2v) is 5.84. The first-order chi connectivity index (χ1) is 10.1. The van der Waals surface area contributed by atoms with Gasteiger partial charge in [0.1, 0.15) is 11.8 Å². The van der Waals surface area contributed by atoms with E-state index >= 15 is 0 Å². The van der Waals surface area contributed by atoms with Crippen molar-refractivity contribution in [2.75, 3.05) is 34.4 Å². The minimum Gasteiger partial charge on any atom is -0.493 e. The first-order valence-electron chi connectivity index (χ1n) is 7.62. The molecule has 0 aromatic carbocycles. The molecule has 2 heterocycles. The van der Waals surface area contributed by atoms with Gasteiger partial charge in [0, 0.05) is 19.1 Å². The number of aliphatic hydroxyl groups excluding tert-OH is 1. The topological polar surface area (TPSA) is 59.8 Å². The fourth-order valence-electron chi connectivity index (χ4n) is 2.96.